The molecule has 3 heteroatoms. The molecule has 0 radical (unpaired) electrons. The van der Waals surface area contributed by atoms with Gasteiger partial charge in [-0.15, -0.1) is 0 Å². The van der Waals surface area contributed by atoms with Crippen LogP contribution in [0.15, 0.2) is 43.0 Å². The average Bonchev–Trinajstić information content (AvgIpc) is 2.29. The first-order valence-electron chi connectivity index (χ1n) is 4.38. The molecule has 3 rings (SSSR count). The van der Waals surface area contributed by atoms with Crippen LogP contribution < -0.4 is 0 Å². The Morgan fingerprint density at radius 1 is 0.786 bits per heavy atom. The third kappa shape index (κ3) is 0.956. The molecular formula is C11H7N3. The number of pyridine rings is 1. The molecule has 0 aliphatic heterocycles. The first kappa shape index (κ1) is 7.38. The van der Waals surface area contributed by atoms with Crippen molar-refractivity contribution >= 4 is 21.8 Å². The smallest absolute Gasteiger partial charge is 0.116 e. The summed E-state index contributed by atoms with van der Waals surface area (Å²) in [6, 6.07) is 8.00. The highest BCUT2D eigenvalue weighted by Crippen LogP contribution is 2.20. The van der Waals surface area contributed by atoms with Gasteiger partial charge < -0.3 is 0 Å². The predicted octanol–water partition coefficient (Wildman–Crippen LogP) is 2.18. The van der Waals surface area contributed by atoms with Crippen molar-refractivity contribution in [1.82, 2.24) is 15.0 Å². The lowest BCUT2D eigenvalue weighted by atomic mass is 10.1. The zero-order valence-electron chi connectivity index (χ0n) is 7.38. The van der Waals surface area contributed by atoms with Gasteiger partial charge in [0.05, 0.1) is 17.2 Å². The van der Waals surface area contributed by atoms with Crippen LogP contribution in [0.1, 0.15) is 0 Å². The standard InChI is InChI=1S/C11H7N3/c1-2-4-10-8(3-1)9-5-12-7-14-11(9)6-13-10/h1-7H. The topological polar surface area (TPSA) is 38.7 Å². The summed E-state index contributed by atoms with van der Waals surface area (Å²) in [6.45, 7) is 0. The zero-order valence-corrected chi connectivity index (χ0v) is 7.38. The second-order valence-electron chi connectivity index (χ2n) is 3.10. The van der Waals surface area contributed by atoms with E-state index in [0.29, 0.717) is 0 Å². The van der Waals surface area contributed by atoms with Crippen LogP contribution >= 0.6 is 0 Å². The molecule has 14 heavy (non-hydrogen) atoms. The Morgan fingerprint density at radius 2 is 1.71 bits per heavy atom. The molecule has 0 aliphatic rings. The van der Waals surface area contributed by atoms with Gasteiger partial charge in [0.1, 0.15) is 6.33 Å². The molecule has 2 aromatic heterocycles. The molecule has 0 saturated carbocycles. The molecule has 0 amide bonds. The Hall–Kier alpha value is -2.03. The number of para-hydroxylation sites is 1. The van der Waals surface area contributed by atoms with Gasteiger partial charge in [-0.05, 0) is 6.07 Å². The highest BCUT2D eigenvalue weighted by molar-refractivity contribution is 6.03. The van der Waals surface area contributed by atoms with Crippen molar-refractivity contribution in [3.63, 3.8) is 0 Å². The maximum absolute atomic E-state index is 4.32. The first-order valence-corrected chi connectivity index (χ1v) is 4.38. The third-order valence-electron chi connectivity index (χ3n) is 2.26. The van der Waals surface area contributed by atoms with E-state index in [1.54, 1.807) is 12.5 Å². The van der Waals surface area contributed by atoms with E-state index in [1.807, 2.05) is 30.5 Å². The lowest BCUT2D eigenvalue weighted by Gasteiger charge is -2.00. The summed E-state index contributed by atoms with van der Waals surface area (Å²) < 4.78 is 0. The summed E-state index contributed by atoms with van der Waals surface area (Å²) in [6.07, 6.45) is 5.14. The van der Waals surface area contributed by atoms with Crippen molar-refractivity contribution in [1.29, 1.82) is 0 Å². The maximum Gasteiger partial charge on any atom is 0.116 e. The average molecular weight is 181 g/mol. The van der Waals surface area contributed by atoms with Gasteiger partial charge in [0.25, 0.3) is 0 Å². The number of hydrogen-bond acceptors (Lipinski definition) is 3. The summed E-state index contributed by atoms with van der Waals surface area (Å²) >= 11 is 0. The van der Waals surface area contributed by atoms with Crippen molar-refractivity contribution in [2.24, 2.45) is 0 Å². The minimum Gasteiger partial charge on any atom is -0.254 e. The van der Waals surface area contributed by atoms with Gasteiger partial charge in [0, 0.05) is 17.0 Å². The Labute approximate surface area is 80.5 Å². The molecular weight excluding hydrogens is 174 g/mol. The Kier molecular flexibility index (Phi) is 1.44. The van der Waals surface area contributed by atoms with Crippen LogP contribution in [-0.2, 0) is 0 Å². The fraction of sp³-hybridized carbons (Fsp3) is 0. The van der Waals surface area contributed by atoms with Crippen molar-refractivity contribution in [2.75, 3.05) is 0 Å². The number of aromatic nitrogens is 3. The van der Waals surface area contributed by atoms with Gasteiger partial charge in [-0.2, -0.15) is 0 Å². The summed E-state index contributed by atoms with van der Waals surface area (Å²) in [5.41, 5.74) is 1.87. The Balaban J connectivity index is 2.61. The van der Waals surface area contributed by atoms with E-state index < -0.39 is 0 Å². The summed E-state index contributed by atoms with van der Waals surface area (Å²) in [4.78, 5) is 12.5. The molecule has 0 spiro atoms. The second kappa shape index (κ2) is 2.73. The molecule has 0 saturated heterocycles. The van der Waals surface area contributed by atoms with Crippen LogP contribution in [0, 0.1) is 0 Å². The SMILES string of the molecule is c1ccc2c(c1)ncc1ncncc12. The quantitative estimate of drug-likeness (QED) is 0.499. The van der Waals surface area contributed by atoms with Gasteiger partial charge >= 0.3 is 0 Å². The molecule has 0 N–H and O–H groups in total. The van der Waals surface area contributed by atoms with Gasteiger partial charge in [0.15, 0.2) is 0 Å². The molecule has 1 aromatic carbocycles. The molecule has 0 aliphatic carbocycles. The van der Waals surface area contributed by atoms with Crippen LogP contribution in [0.3, 0.4) is 0 Å². The van der Waals surface area contributed by atoms with E-state index >= 15 is 0 Å². The monoisotopic (exact) mass is 181 g/mol. The summed E-state index contributed by atoms with van der Waals surface area (Å²) in [5.74, 6) is 0. The maximum atomic E-state index is 4.32. The fourth-order valence-electron chi connectivity index (χ4n) is 1.59. The second-order valence-corrected chi connectivity index (χ2v) is 3.10. The predicted molar refractivity (Wildman–Crippen MR) is 54.8 cm³/mol. The van der Waals surface area contributed by atoms with Gasteiger partial charge in [-0.1, -0.05) is 18.2 Å². The molecule has 0 unspecified atom stereocenters. The van der Waals surface area contributed by atoms with E-state index in [1.165, 1.54) is 0 Å². The number of hydrogen-bond donors (Lipinski definition) is 0. The summed E-state index contributed by atoms with van der Waals surface area (Å²) in [7, 11) is 0. The van der Waals surface area contributed by atoms with E-state index in [0.717, 1.165) is 21.8 Å². The number of nitrogens with zero attached hydrogens (tertiary/aromatic N) is 3. The van der Waals surface area contributed by atoms with Crippen molar-refractivity contribution in [3.05, 3.63) is 43.0 Å². The van der Waals surface area contributed by atoms with Crippen molar-refractivity contribution < 1.29 is 0 Å². The molecule has 2 heterocycles. The molecule has 0 bridgehead atoms. The van der Waals surface area contributed by atoms with E-state index in [2.05, 4.69) is 15.0 Å². The van der Waals surface area contributed by atoms with Crippen LogP contribution in [0.2, 0.25) is 0 Å². The van der Waals surface area contributed by atoms with E-state index in [4.69, 9.17) is 0 Å². The van der Waals surface area contributed by atoms with Crippen LogP contribution in [0.25, 0.3) is 21.8 Å². The molecule has 3 nitrogen and oxygen atoms in total. The normalized spacial score (nSPS) is 10.9. The highest BCUT2D eigenvalue weighted by Gasteiger charge is 2.00. The van der Waals surface area contributed by atoms with Crippen molar-refractivity contribution in [3.8, 4) is 0 Å². The van der Waals surface area contributed by atoms with Gasteiger partial charge in [-0.3, -0.25) is 4.98 Å². The summed E-state index contributed by atoms with van der Waals surface area (Å²) in [5, 5.41) is 2.16. The minimum atomic E-state index is 0.888. The molecule has 0 fully saturated rings. The first-order chi connectivity index (χ1) is 6.95. The Morgan fingerprint density at radius 3 is 2.71 bits per heavy atom. The van der Waals surface area contributed by atoms with Gasteiger partial charge in [0.2, 0.25) is 0 Å². The van der Waals surface area contributed by atoms with Crippen LogP contribution in [0.5, 0.6) is 0 Å². The van der Waals surface area contributed by atoms with Crippen LogP contribution in [0.4, 0.5) is 0 Å². The molecule has 66 valence electrons. The van der Waals surface area contributed by atoms with E-state index in [9.17, 15) is 0 Å². The number of fused-ring (bicyclic) bond motifs is 3. The largest absolute Gasteiger partial charge is 0.254 e. The lowest BCUT2D eigenvalue weighted by Crippen LogP contribution is -1.85. The lowest BCUT2D eigenvalue weighted by molar-refractivity contribution is 1.21. The van der Waals surface area contributed by atoms with E-state index in [-0.39, 0.29) is 0 Å². The highest BCUT2D eigenvalue weighted by atomic mass is 14.8. The number of benzene rings is 1. The van der Waals surface area contributed by atoms with Gasteiger partial charge in [-0.25, -0.2) is 9.97 Å². The zero-order chi connectivity index (χ0) is 9.38. The minimum absolute atomic E-state index is 0.888. The van der Waals surface area contributed by atoms with Crippen LogP contribution in [-0.4, -0.2) is 15.0 Å². The Bertz CT molecular complexity index is 550. The number of rotatable bonds is 0. The van der Waals surface area contributed by atoms with Crippen molar-refractivity contribution in [2.45, 2.75) is 0 Å². The molecule has 3 aromatic rings. The third-order valence-corrected chi connectivity index (χ3v) is 2.26. The fourth-order valence-corrected chi connectivity index (χ4v) is 1.59. The molecule has 0 atom stereocenters.